The highest BCUT2D eigenvalue weighted by Gasteiger charge is 2.13. The molecule has 0 aliphatic heterocycles. The third kappa shape index (κ3) is 4.65. The molecule has 0 bridgehead atoms. The van der Waals surface area contributed by atoms with Crippen molar-refractivity contribution in [2.45, 2.75) is 19.9 Å². The molecule has 1 aromatic heterocycles. The van der Waals surface area contributed by atoms with Crippen LogP contribution in [-0.4, -0.2) is 23.2 Å². The maximum atomic E-state index is 12.3. The summed E-state index contributed by atoms with van der Waals surface area (Å²) in [4.78, 5) is 3.91. The van der Waals surface area contributed by atoms with Crippen molar-refractivity contribution in [3.63, 3.8) is 0 Å². The zero-order valence-corrected chi connectivity index (χ0v) is 15.4. The number of nitrogens with one attached hydrogen (secondary N) is 1. The summed E-state index contributed by atoms with van der Waals surface area (Å²) in [5, 5.41) is 5.26. The van der Waals surface area contributed by atoms with Crippen LogP contribution in [0.15, 0.2) is 66.6 Å². The monoisotopic (exact) mass is 368 g/mol. The van der Waals surface area contributed by atoms with Gasteiger partial charge < -0.3 is 0 Å². The molecule has 0 radical (unpaired) electrons. The van der Waals surface area contributed by atoms with Crippen molar-refractivity contribution in [1.29, 1.82) is 0 Å². The Morgan fingerprint density at radius 3 is 2.38 bits per heavy atom. The minimum absolute atomic E-state index is 0.354. The van der Waals surface area contributed by atoms with E-state index in [2.05, 4.69) is 14.8 Å². The molecule has 2 aromatic carbocycles. The van der Waals surface area contributed by atoms with Crippen LogP contribution >= 0.6 is 0 Å². The molecule has 0 aliphatic carbocycles. The lowest BCUT2D eigenvalue weighted by Crippen LogP contribution is -2.24. The van der Waals surface area contributed by atoms with Gasteiger partial charge in [0.15, 0.2) is 0 Å². The number of hydrogen-bond acceptors (Lipinski definition) is 4. The lowest BCUT2D eigenvalue weighted by molar-refractivity contribution is 0.576. The molecule has 0 fully saturated rings. The van der Waals surface area contributed by atoms with E-state index in [0.29, 0.717) is 0 Å². The summed E-state index contributed by atoms with van der Waals surface area (Å²) in [6, 6.07) is 14.8. The quantitative estimate of drug-likeness (QED) is 0.725. The molecule has 26 heavy (non-hydrogen) atoms. The largest absolute Gasteiger partial charge is 0.234 e. The van der Waals surface area contributed by atoms with Gasteiger partial charge >= 0.3 is 0 Å². The fourth-order valence-electron chi connectivity index (χ4n) is 2.46. The first-order valence-electron chi connectivity index (χ1n) is 8.15. The van der Waals surface area contributed by atoms with Crippen LogP contribution < -0.4 is 4.72 Å². The number of sulfonamides is 1. The van der Waals surface area contributed by atoms with Crippen molar-refractivity contribution in [1.82, 2.24) is 19.5 Å². The van der Waals surface area contributed by atoms with Gasteiger partial charge in [-0.15, -0.1) is 0 Å². The third-order valence-corrected chi connectivity index (χ3v) is 5.11. The van der Waals surface area contributed by atoms with Gasteiger partial charge in [-0.3, -0.25) is 0 Å². The highest BCUT2D eigenvalue weighted by atomic mass is 32.2. The molecule has 0 saturated carbocycles. The van der Waals surface area contributed by atoms with E-state index in [-0.39, 0.29) is 6.04 Å². The first-order chi connectivity index (χ1) is 12.4. The molecule has 1 unspecified atom stereocenters. The average molecular weight is 368 g/mol. The predicted molar refractivity (Wildman–Crippen MR) is 102 cm³/mol. The van der Waals surface area contributed by atoms with Crippen molar-refractivity contribution in [2.24, 2.45) is 0 Å². The summed E-state index contributed by atoms with van der Waals surface area (Å²) in [6.45, 7) is 3.80. The summed E-state index contributed by atoms with van der Waals surface area (Å²) in [7, 11) is -3.55. The number of nitrogens with zero attached hydrogens (tertiary/aromatic N) is 3. The van der Waals surface area contributed by atoms with Gasteiger partial charge in [-0.2, -0.15) is 5.10 Å². The molecule has 0 amide bonds. The minimum atomic E-state index is -3.55. The second kappa shape index (κ2) is 7.63. The maximum Gasteiger partial charge on any atom is 0.234 e. The normalized spacial score (nSPS) is 13.2. The Labute approximate surface area is 153 Å². The number of aromatic nitrogens is 3. The molecule has 134 valence electrons. The van der Waals surface area contributed by atoms with Crippen LogP contribution in [0.3, 0.4) is 0 Å². The molecule has 0 saturated heterocycles. The van der Waals surface area contributed by atoms with E-state index in [0.717, 1.165) is 22.4 Å². The van der Waals surface area contributed by atoms with E-state index >= 15 is 0 Å². The highest BCUT2D eigenvalue weighted by molar-refractivity contribution is 7.92. The first kappa shape index (κ1) is 18.0. The number of hydrogen-bond donors (Lipinski definition) is 1. The SMILES string of the molecule is Cc1ccc(/C=C/S(=O)(=O)NC(C)c2ccc(-n3cncn3)cc2)cc1. The van der Waals surface area contributed by atoms with Crippen LogP contribution in [0.4, 0.5) is 0 Å². The number of rotatable bonds is 6. The Balaban J connectivity index is 1.68. The van der Waals surface area contributed by atoms with Crippen molar-refractivity contribution in [3.05, 3.63) is 83.3 Å². The highest BCUT2D eigenvalue weighted by Crippen LogP contribution is 2.16. The topological polar surface area (TPSA) is 76.9 Å². The van der Waals surface area contributed by atoms with Gasteiger partial charge in [0.1, 0.15) is 12.7 Å². The Morgan fingerprint density at radius 2 is 1.77 bits per heavy atom. The number of aryl methyl sites for hydroxylation is 1. The van der Waals surface area contributed by atoms with Crippen molar-refractivity contribution in [2.75, 3.05) is 0 Å². The van der Waals surface area contributed by atoms with Crippen LogP contribution in [0.5, 0.6) is 0 Å². The maximum absolute atomic E-state index is 12.3. The minimum Gasteiger partial charge on any atom is -0.223 e. The summed E-state index contributed by atoms with van der Waals surface area (Å²) in [5.74, 6) is 0. The lowest BCUT2D eigenvalue weighted by atomic mass is 10.1. The molecular formula is C19H20N4O2S. The zero-order chi connectivity index (χ0) is 18.6. The zero-order valence-electron chi connectivity index (χ0n) is 14.6. The van der Waals surface area contributed by atoms with Gasteiger partial charge in [-0.1, -0.05) is 42.0 Å². The van der Waals surface area contributed by atoms with E-state index in [1.165, 1.54) is 11.7 Å². The second-order valence-electron chi connectivity index (χ2n) is 6.03. The Morgan fingerprint density at radius 1 is 1.08 bits per heavy atom. The second-order valence-corrected chi connectivity index (χ2v) is 7.63. The van der Waals surface area contributed by atoms with Crippen LogP contribution in [0, 0.1) is 6.92 Å². The average Bonchev–Trinajstić information content (AvgIpc) is 3.16. The summed E-state index contributed by atoms with van der Waals surface area (Å²) in [6.07, 6.45) is 4.66. The van der Waals surface area contributed by atoms with E-state index in [1.807, 2.05) is 62.4 Å². The van der Waals surface area contributed by atoms with Gasteiger partial charge in [0.25, 0.3) is 0 Å². The molecule has 1 atom stereocenters. The molecule has 7 heteroatoms. The Kier molecular flexibility index (Phi) is 5.29. The molecular weight excluding hydrogens is 348 g/mol. The van der Waals surface area contributed by atoms with Crippen molar-refractivity contribution >= 4 is 16.1 Å². The lowest BCUT2D eigenvalue weighted by Gasteiger charge is -2.13. The summed E-state index contributed by atoms with van der Waals surface area (Å²) < 4.78 is 28.9. The summed E-state index contributed by atoms with van der Waals surface area (Å²) in [5.41, 5.74) is 3.69. The standard InChI is InChI=1S/C19H20N4O2S/c1-15-3-5-17(6-4-15)11-12-26(24,25)22-16(2)18-7-9-19(10-8-18)23-14-20-13-21-23/h3-14,16,22H,1-2H3/b12-11+. The molecule has 3 rings (SSSR count). The summed E-state index contributed by atoms with van der Waals surface area (Å²) >= 11 is 0. The predicted octanol–water partition coefficient (Wildman–Crippen LogP) is 3.23. The smallest absolute Gasteiger partial charge is 0.223 e. The Bertz CT molecular complexity index is 977. The molecule has 1 N–H and O–H groups in total. The molecule has 1 heterocycles. The van der Waals surface area contributed by atoms with Crippen LogP contribution in [0.2, 0.25) is 0 Å². The molecule has 3 aromatic rings. The molecule has 0 aliphatic rings. The van der Waals surface area contributed by atoms with E-state index in [9.17, 15) is 8.42 Å². The van der Waals surface area contributed by atoms with Gasteiger partial charge in [0.05, 0.1) is 5.69 Å². The molecule has 0 spiro atoms. The number of benzene rings is 2. The fraction of sp³-hybridized carbons (Fsp3) is 0.158. The van der Waals surface area contributed by atoms with Crippen molar-refractivity contribution < 1.29 is 8.42 Å². The van der Waals surface area contributed by atoms with Crippen LogP contribution in [-0.2, 0) is 10.0 Å². The van der Waals surface area contributed by atoms with Crippen LogP contribution in [0.25, 0.3) is 11.8 Å². The first-order valence-corrected chi connectivity index (χ1v) is 9.70. The fourth-order valence-corrected chi connectivity index (χ4v) is 3.50. The Hall–Kier alpha value is -2.77. The van der Waals surface area contributed by atoms with Crippen LogP contribution in [0.1, 0.15) is 29.7 Å². The van der Waals surface area contributed by atoms with Crippen molar-refractivity contribution in [3.8, 4) is 5.69 Å². The van der Waals surface area contributed by atoms with Gasteiger partial charge in [-0.25, -0.2) is 22.8 Å². The van der Waals surface area contributed by atoms with E-state index in [4.69, 9.17) is 0 Å². The molecule has 6 nitrogen and oxygen atoms in total. The van der Waals surface area contributed by atoms with E-state index in [1.54, 1.807) is 17.1 Å². The van der Waals surface area contributed by atoms with Gasteiger partial charge in [0.2, 0.25) is 10.0 Å². The van der Waals surface area contributed by atoms with E-state index < -0.39 is 10.0 Å². The third-order valence-electron chi connectivity index (χ3n) is 3.93. The van der Waals surface area contributed by atoms with Gasteiger partial charge in [-0.05, 0) is 43.2 Å². The van der Waals surface area contributed by atoms with Gasteiger partial charge in [0, 0.05) is 11.4 Å².